The van der Waals surface area contributed by atoms with Gasteiger partial charge < -0.3 is 11.1 Å². The highest BCUT2D eigenvalue weighted by Crippen LogP contribution is 2.25. The topological polar surface area (TPSA) is 38.0 Å². The van der Waals surface area contributed by atoms with Crippen molar-refractivity contribution in [2.45, 2.75) is 5.54 Å². The van der Waals surface area contributed by atoms with Crippen LogP contribution in [0.2, 0.25) is 0 Å². The number of rotatable bonds is 1. The molecule has 2 aromatic rings. The number of hydrogen-bond donors (Lipinski definition) is 2. The fourth-order valence-corrected chi connectivity index (χ4v) is 2.10. The Bertz CT molecular complexity index is 501. The molecular weight excluding hydrogens is 184 g/mol. The lowest BCUT2D eigenvalue weighted by molar-refractivity contribution is 0.287. The maximum atomic E-state index is 6.25. The molecule has 1 aliphatic rings. The summed E-state index contributed by atoms with van der Waals surface area (Å²) in [7, 11) is 0. The first-order chi connectivity index (χ1) is 7.28. The van der Waals surface area contributed by atoms with Crippen molar-refractivity contribution in [1.82, 2.24) is 5.32 Å². The molecule has 0 unspecified atom stereocenters. The Morgan fingerprint density at radius 2 is 1.73 bits per heavy atom. The molecule has 1 aliphatic heterocycles. The molecule has 3 N–H and O–H groups in total. The van der Waals surface area contributed by atoms with Gasteiger partial charge in [-0.15, -0.1) is 0 Å². The molecule has 0 bridgehead atoms. The zero-order chi connectivity index (χ0) is 10.3. The molecule has 2 aromatic carbocycles. The van der Waals surface area contributed by atoms with E-state index in [4.69, 9.17) is 5.73 Å². The second-order valence-electron chi connectivity index (χ2n) is 4.32. The molecule has 2 nitrogen and oxygen atoms in total. The molecule has 0 aromatic heterocycles. The van der Waals surface area contributed by atoms with Crippen molar-refractivity contribution in [2.24, 2.45) is 5.73 Å². The van der Waals surface area contributed by atoms with Crippen molar-refractivity contribution in [3.05, 3.63) is 48.0 Å². The minimum Gasteiger partial charge on any atom is -0.319 e. The SMILES string of the molecule is NC1(c2ccc3ccccc3c2)CNC1. The zero-order valence-corrected chi connectivity index (χ0v) is 8.53. The Balaban J connectivity index is 2.14. The fourth-order valence-electron chi connectivity index (χ4n) is 2.10. The minimum atomic E-state index is -0.149. The van der Waals surface area contributed by atoms with E-state index in [0.717, 1.165) is 13.1 Å². The van der Waals surface area contributed by atoms with Gasteiger partial charge in [0.2, 0.25) is 0 Å². The van der Waals surface area contributed by atoms with E-state index >= 15 is 0 Å². The van der Waals surface area contributed by atoms with Crippen LogP contribution < -0.4 is 11.1 Å². The van der Waals surface area contributed by atoms with Gasteiger partial charge in [0.1, 0.15) is 0 Å². The van der Waals surface area contributed by atoms with E-state index in [9.17, 15) is 0 Å². The maximum Gasteiger partial charge on any atom is 0.0662 e. The summed E-state index contributed by atoms with van der Waals surface area (Å²) in [5.41, 5.74) is 7.34. The highest BCUT2D eigenvalue weighted by Gasteiger charge is 2.33. The molecule has 0 atom stereocenters. The molecule has 0 amide bonds. The normalized spacial score (nSPS) is 18.7. The highest BCUT2D eigenvalue weighted by molar-refractivity contribution is 5.83. The quantitative estimate of drug-likeness (QED) is 0.730. The van der Waals surface area contributed by atoms with Crippen LogP contribution in [0.1, 0.15) is 5.56 Å². The first-order valence-electron chi connectivity index (χ1n) is 5.27. The summed E-state index contributed by atoms with van der Waals surface area (Å²) in [6.45, 7) is 1.76. The standard InChI is InChI=1S/C13H14N2/c14-13(8-15-9-13)12-6-5-10-3-1-2-4-11(10)7-12/h1-7,15H,8-9,14H2. The predicted molar refractivity (Wildman–Crippen MR) is 62.7 cm³/mol. The molecule has 15 heavy (non-hydrogen) atoms. The third-order valence-corrected chi connectivity index (χ3v) is 3.21. The van der Waals surface area contributed by atoms with E-state index < -0.39 is 0 Å². The number of hydrogen-bond acceptors (Lipinski definition) is 2. The fraction of sp³-hybridized carbons (Fsp3) is 0.231. The molecular formula is C13H14N2. The molecule has 0 aliphatic carbocycles. The Morgan fingerprint density at radius 1 is 1.00 bits per heavy atom. The monoisotopic (exact) mass is 198 g/mol. The average Bonchev–Trinajstić information content (AvgIpc) is 2.25. The summed E-state index contributed by atoms with van der Waals surface area (Å²) in [5, 5.41) is 5.77. The summed E-state index contributed by atoms with van der Waals surface area (Å²) in [5.74, 6) is 0. The van der Waals surface area contributed by atoms with E-state index in [1.807, 2.05) is 0 Å². The first kappa shape index (κ1) is 8.89. The van der Waals surface area contributed by atoms with E-state index in [1.165, 1.54) is 16.3 Å². The van der Waals surface area contributed by atoms with Crippen LogP contribution in [0.15, 0.2) is 42.5 Å². The zero-order valence-electron chi connectivity index (χ0n) is 8.53. The van der Waals surface area contributed by atoms with Crippen LogP contribution in [0.5, 0.6) is 0 Å². The lowest BCUT2D eigenvalue weighted by atomic mass is 9.84. The van der Waals surface area contributed by atoms with Gasteiger partial charge in [-0.25, -0.2) is 0 Å². The third kappa shape index (κ3) is 1.34. The van der Waals surface area contributed by atoms with E-state index in [2.05, 4.69) is 47.8 Å². The summed E-state index contributed by atoms with van der Waals surface area (Å²) < 4.78 is 0. The van der Waals surface area contributed by atoms with Gasteiger partial charge in [0.05, 0.1) is 5.54 Å². The van der Waals surface area contributed by atoms with Crippen LogP contribution in [0.25, 0.3) is 10.8 Å². The van der Waals surface area contributed by atoms with E-state index in [-0.39, 0.29) is 5.54 Å². The highest BCUT2D eigenvalue weighted by atomic mass is 15.1. The van der Waals surface area contributed by atoms with Crippen molar-refractivity contribution in [3.8, 4) is 0 Å². The molecule has 3 rings (SSSR count). The summed E-state index contributed by atoms with van der Waals surface area (Å²) in [6, 6.07) is 14.9. The van der Waals surface area contributed by atoms with Crippen LogP contribution in [0, 0.1) is 0 Å². The van der Waals surface area contributed by atoms with Gasteiger partial charge in [-0.3, -0.25) is 0 Å². The van der Waals surface area contributed by atoms with Gasteiger partial charge in [0, 0.05) is 13.1 Å². The van der Waals surface area contributed by atoms with Crippen molar-refractivity contribution in [1.29, 1.82) is 0 Å². The number of nitrogens with one attached hydrogen (secondary N) is 1. The summed E-state index contributed by atoms with van der Waals surface area (Å²) in [4.78, 5) is 0. The summed E-state index contributed by atoms with van der Waals surface area (Å²) in [6.07, 6.45) is 0. The van der Waals surface area contributed by atoms with Gasteiger partial charge in [-0.2, -0.15) is 0 Å². The van der Waals surface area contributed by atoms with Gasteiger partial charge in [0.25, 0.3) is 0 Å². The Hall–Kier alpha value is -1.38. The van der Waals surface area contributed by atoms with Crippen molar-refractivity contribution in [2.75, 3.05) is 13.1 Å². The molecule has 0 radical (unpaired) electrons. The Labute approximate surface area is 89.1 Å². The smallest absolute Gasteiger partial charge is 0.0662 e. The van der Waals surface area contributed by atoms with E-state index in [1.54, 1.807) is 0 Å². The maximum absolute atomic E-state index is 6.25. The molecule has 2 heteroatoms. The van der Waals surface area contributed by atoms with Crippen molar-refractivity contribution < 1.29 is 0 Å². The molecule has 0 saturated carbocycles. The minimum absolute atomic E-state index is 0.149. The molecule has 1 heterocycles. The van der Waals surface area contributed by atoms with Gasteiger partial charge in [0.15, 0.2) is 0 Å². The third-order valence-electron chi connectivity index (χ3n) is 3.21. The summed E-state index contributed by atoms with van der Waals surface area (Å²) >= 11 is 0. The number of fused-ring (bicyclic) bond motifs is 1. The van der Waals surface area contributed by atoms with Crippen molar-refractivity contribution in [3.63, 3.8) is 0 Å². The lowest BCUT2D eigenvalue weighted by Gasteiger charge is -2.39. The van der Waals surface area contributed by atoms with Crippen LogP contribution in [0.4, 0.5) is 0 Å². The second kappa shape index (κ2) is 3.05. The van der Waals surface area contributed by atoms with Crippen LogP contribution in [0.3, 0.4) is 0 Å². The molecule has 1 fully saturated rings. The van der Waals surface area contributed by atoms with Crippen LogP contribution >= 0.6 is 0 Å². The molecule has 0 spiro atoms. The number of benzene rings is 2. The largest absolute Gasteiger partial charge is 0.319 e. The van der Waals surface area contributed by atoms with Crippen LogP contribution in [-0.4, -0.2) is 13.1 Å². The molecule has 76 valence electrons. The van der Waals surface area contributed by atoms with Crippen LogP contribution in [-0.2, 0) is 5.54 Å². The van der Waals surface area contributed by atoms with Crippen molar-refractivity contribution >= 4 is 10.8 Å². The average molecular weight is 198 g/mol. The second-order valence-corrected chi connectivity index (χ2v) is 4.32. The number of nitrogens with two attached hydrogens (primary N) is 1. The van der Waals surface area contributed by atoms with Gasteiger partial charge in [-0.05, 0) is 22.4 Å². The first-order valence-corrected chi connectivity index (χ1v) is 5.27. The van der Waals surface area contributed by atoms with Gasteiger partial charge in [-0.1, -0.05) is 36.4 Å². The Morgan fingerprint density at radius 3 is 2.40 bits per heavy atom. The van der Waals surface area contributed by atoms with Gasteiger partial charge >= 0.3 is 0 Å². The lowest BCUT2D eigenvalue weighted by Crippen LogP contribution is -2.62. The molecule has 1 saturated heterocycles. The predicted octanol–water partition coefficient (Wildman–Crippen LogP) is 1.60. The van der Waals surface area contributed by atoms with E-state index in [0.29, 0.717) is 0 Å². The Kier molecular flexibility index (Phi) is 1.81.